The van der Waals surface area contributed by atoms with E-state index in [0.29, 0.717) is 11.5 Å². The van der Waals surface area contributed by atoms with Crippen LogP contribution in [0.5, 0.6) is 0 Å². The largest absolute Gasteiger partial charge is 0.269 e. The Morgan fingerprint density at radius 3 is 2.53 bits per heavy atom. The monoisotopic (exact) mass is 230 g/mol. The molecule has 0 N–H and O–H groups in total. The van der Waals surface area contributed by atoms with Crippen molar-refractivity contribution >= 4 is 7.85 Å². The van der Waals surface area contributed by atoms with Gasteiger partial charge in [0.2, 0.25) is 0 Å². The van der Waals surface area contributed by atoms with Gasteiger partial charge in [0.1, 0.15) is 19.5 Å². The van der Waals surface area contributed by atoms with Crippen LogP contribution in [-0.4, -0.2) is 17.4 Å². The molecule has 5 heteroatoms. The van der Waals surface area contributed by atoms with Crippen LogP contribution in [-0.2, 0) is 0 Å². The first-order valence-electron chi connectivity index (χ1n) is 5.43. The fourth-order valence-electron chi connectivity index (χ4n) is 1.68. The summed E-state index contributed by atoms with van der Waals surface area (Å²) in [7, 11) is 1.96. The molecule has 2 aromatic rings. The third-order valence-electron chi connectivity index (χ3n) is 2.47. The van der Waals surface area contributed by atoms with Crippen molar-refractivity contribution in [3.8, 4) is 5.69 Å². The SMILES string of the molecule is BC(C)c1nccc(=O)n1-c1ccc(F)cc1. The Hall–Kier alpha value is -1.91. The van der Waals surface area contributed by atoms with Crippen LogP contribution < -0.4 is 5.56 Å². The minimum atomic E-state index is -0.322. The minimum Gasteiger partial charge on any atom is -0.269 e. The average molecular weight is 230 g/mol. The van der Waals surface area contributed by atoms with Gasteiger partial charge in [0.25, 0.3) is 5.56 Å². The van der Waals surface area contributed by atoms with Crippen molar-refractivity contribution in [2.24, 2.45) is 0 Å². The molecule has 0 bridgehead atoms. The Bertz CT molecular complexity index is 578. The van der Waals surface area contributed by atoms with E-state index in [0.717, 1.165) is 0 Å². The Morgan fingerprint density at radius 2 is 1.94 bits per heavy atom. The number of hydrogen-bond donors (Lipinski definition) is 0. The first kappa shape index (κ1) is 11.6. The topological polar surface area (TPSA) is 34.9 Å². The Morgan fingerprint density at radius 1 is 1.29 bits per heavy atom. The maximum Gasteiger partial charge on any atom is 0.258 e. The van der Waals surface area contributed by atoms with Crippen molar-refractivity contribution < 1.29 is 4.39 Å². The molecule has 1 aromatic heterocycles. The van der Waals surface area contributed by atoms with Gasteiger partial charge in [0.15, 0.2) is 0 Å². The number of benzene rings is 1. The van der Waals surface area contributed by atoms with Gasteiger partial charge in [-0.2, -0.15) is 0 Å². The highest BCUT2D eigenvalue weighted by molar-refractivity contribution is 6.11. The van der Waals surface area contributed by atoms with Crippen LogP contribution in [0.1, 0.15) is 18.6 Å². The van der Waals surface area contributed by atoms with Crippen molar-refractivity contribution in [3.05, 3.63) is 58.5 Å². The van der Waals surface area contributed by atoms with Crippen molar-refractivity contribution in [1.29, 1.82) is 0 Å². The van der Waals surface area contributed by atoms with Gasteiger partial charge in [0.05, 0.1) is 5.69 Å². The van der Waals surface area contributed by atoms with Crippen molar-refractivity contribution in [2.75, 3.05) is 0 Å². The normalized spacial score (nSPS) is 12.4. The van der Waals surface area contributed by atoms with Crippen LogP contribution in [0.2, 0.25) is 0 Å². The zero-order valence-electron chi connectivity index (χ0n) is 9.72. The lowest BCUT2D eigenvalue weighted by atomic mass is 9.88. The molecule has 0 saturated carbocycles. The third kappa shape index (κ3) is 2.28. The van der Waals surface area contributed by atoms with Crippen molar-refractivity contribution in [2.45, 2.75) is 12.7 Å². The van der Waals surface area contributed by atoms with Crippen molar-refractivity contribution in [1.82, 2.24) is 9.55 Å². The van der Waals surface area contributed by atoms with Gasteiger partial charge < -0.3 is 0 Å². The third-order valence-corrected chi connectivity index (χ3v) is 2.47. The van der Waals surface area contributed by atoms with Gasteiger partial charge >= 0.3 is 0 Å². The van der Waals surface area contributed by atoms with E-state index in [1.54, 1.807) is 12.1 Å². The number of nitrogens with zero attached hydrogens (tertiary/aromatic N) is 2. The molecule has 1 atom stereocenters. The molecule has 0 amide bonds. The molecule has 2 rings (SSSR count). The number of halogens is 1. The van der Waals surface area contributed by atoms with Crippen LogP contribution in [0.4, 0.5) is 4.39 Å². The van der Waals surface area contributed by atoms with E-state index in [1.165, 1.54) is 29.0 Å². The van der Waals surface area contributed by atoms with E-state index in [1.807, 2.05) is 14.8 Å². The molecule has 17 heavy (non-hydrogen) atoms. The van der Waals surface area contributed by atoms with Gasteiger partial charge in [0, 0.05) is 12.3 Å². The maximum absolute atomic E-state index is 12.9. The lowest BCUT2D eigenvalue weighted by Gasteiger charge is -2.13. The molecular formula is C12H12BFN2O. The molecular weight excluding hydrogens is 218 g/mol. The second kappa shape index (κ2) is 4.53. The molecule has 3 nitrogen and oxygen atoms in total. The van der Waals surface area contributed by atoms with Crippen molar-refractivity contribution in [3.63, 3.8) is 0 Å². The predicted octanol–water partition coefficient (Wildman–Crippen LogP) is 1.07. The quantitative estimate of drug-likeness (QED) is 0.723. The zero-order chi connectivity index (χ0) is 12.4. The highest BCUT2D eigenvalue weighted by Gasteiger charge is 2.10. The van der Waals surface area contributed by atoms with Gasteiger partial charge in [-0.1, -0.05) is 6.92 Å². The van der Waals surface area contributed by atoms with E-state index >= 15 is 0 Å². The highest BCUT2D eigenvalue weighted by atomic mass is 19.1. The maximum atomic E-state index is 12.9. The fraction of sp³-hybridized carbons (Fsp3) is 0.167. The summed E-state index contributed by atoms with van der Waals surface area (Å²) in [4.78, 5) is 16.1. The summed E-state index contributed by atoms with van der Waals surface area (Å²) in [5.41, 5.74) is 0.475. The number of rotatable bonds is 2. The fourth-order valence-corrected chi connectivity index (χ4v) is 1.68. The molecule has 0 spiro atoms. The number of aromatic nitrogens is 2. The van der Waals surface area contributed by atoms with Crippen LogP contribution in [0.25, 0.3) is 5.69 Å². The van der Waals surface area contributed by atoms with Crippen LogP contribution in [0.3, 0.4) is 0 Å². The lowest BCUT2D eigenvalue weighted by Crippen LogP contribution is -2.23. The zero-order valence-corrected chi connectivity index (χ0v) is 9.72. The molecule has 1 unspecified atom stereocenters. The highest BCUT2D eigenvalue weighted by Crippen LogP contribution is 2.13. The average Bonchev–Trinajstić information content (AvgIpc) is 2.30. The summed E-state index contributed by atoms with van der Waals surface area (Å²) >= 11 is 0. The Kier molecular flexibility index (Phi) is 3.09. The second-order valence-corrected chi connectivity index (χ2v) is 4.11. The standard InChI is InChI=1S/C12H12BFN2O/c1-8(13)12-15-7-6-11(17)16(12)10-4-2-9(14)3-5-10/h2-8H,13H2,1H3. The lowest BCUT2D eigenvalue weighted by molar-refractivity contribution is 0.627. The van der Waals surface area contributed by atoms with Gasteiger partial charge in [-0.3, -0.25) is 9.36 Å². The molecule has 0 fully saturated rings. The van der Waals surface area contributed by atoms with E-state index < -0.39 is 0 Å². The molecule has 0 radical (unpaired) electrons. The molecule has 1 aromatic carbocycles. The van der Waals surface area contributed by atoms with Crippen LogP contribution in [0, 0.1) is 5.82 Å². The molecule has 1 heterocycles. The first-order valence-corrected chi connectivity index (χ1v) is 5.43. The molecule has 86 valence electrons. The van der Waals surface area contributed by atoms with Crippen LogP contribution >= 0.6 is 0 Å². The van der Waals surface area contributed by atoms with E-state index in [9.17, 15) is 9.18 Å². The molecule has 0 aliphatic carbocycles. The Balaban J connectivity index is 2.65. The van der Waals surface area contributed by atoms with Gasteiger partial charge in [-0.05, 0) is 30.1 Å². The predicted molar refractivity (Wildman–Crippen MR) is 66.8 cm³/mol. The van der Waals surface area contributed by atoms with E-state index in [4.69, 9.17) is 0 Å². The summed E-state index contributed by atoms with van der Waals surface area (Å²) in [6, 6.07) is 7.21. The summed E-state index contributed by atoms with van der Waals surface area (Å²) in [6.07, 6.45) is 1.50. The summed E-state index contributed by atoms with van der Waals surface area (Å²) in [6.45, 7) is 1.96. The molecule has 0 aliphatic rings. The Labute approximate surface area is 99.3 Å². The molecule has 0 aliphatic heterocycles. The minimum absolute atomic E-state index is 0.119. The molecule has 0 saturated heterocycles. The summed E-state index contributed by atoms with van der Waals surface area (Å²) in [5.74, 6) is 0.467. The summed E-state index contributed by atoms with van der Waals surface area (Å²) < 4.78 is 14.4. The van der Waals surface area contributed by atoms with E-state index in [-0.39, 0.29) is 17.2 Å². The number of hydrogen-bond acceptors (Lipinski definition) is 2. The second-order valence-electron chi connectivity index (χ2n) is 4.11. The smallest absolute Gasteiger partial charge is 0.258 e. The van der Waals surface area contributed by atoms with Crippen LogP contribution in [0.15, 0.2) is 41.3 Å². The van der Waals surface area contributed by atoms with E-state index in [2.05, 4.69) is 4.98 Å². The summed E-state index contributed by atoms with van der Waals surface area (Å²) in [5, 5.41) is 0. The van der Waals surface area contributed by atoms with Gasteiger partial charge in [-0.25, -0.2) is 9.37 Å². The first-order chi connectivity index (χ1) is 8.09. The van der Waals surface area contributed by atoms with Gasteiger partial charge in [-0.15, -0.1) is 0 Å².